The van der Waals surface area contributed by atoms with Gasteiger partial charge in [-0.05, 0) is 73.6 Å². The summed E-state index contributed by atoms with van der Waals surface area (Å²) in [7, 11) is 0. The fourth-order valence-corrected chi connectivity index (χ4v) is 4.61. The van der Waals surface area contributed by atoms with Crippen molar-refractivity contribution in [1.82, 2.24) is 14.8 Å². The number of allylic oxidation sites excluding steroid dienone is 1. The van der Waals surface area contributed by atoms with Gasteiger partial charge in [0.2, 0.25) is 5.91 Å². The number of carbonyl (C=O) groups excluding carboxylic acids is 1. The van der Waals surface area contributed by atoms with Crippen molar-refractivity contribution in [3.05, 3.63) is 77.6 Å². The lowest BCUT2D eigenvalue weighted by atomic mass is 9.92. The van der Waals surface area contributed by atoms with Gasteiger partial charge in [0.1, 0.15) is 12.4 Å². The van der Waals surface area contributed by atoms with Gasteiger partial charge in [-0.25, -0.2) is 0 Å². The van der Waals surface area contributed by atoms with Crippen LogP contribution in [0, 0.1) is 6.92 Å². The Hall–Kier alpha value is -3.06. The average molecular weight is 449 g/mol. The van der Waals surface area contributed by atoms with E-state index in [2.05, 4.69) is 34.2 Å². The summed E-state index contributed by atoms with van der Waals surface area (Å²) in [6.07, 6.45) is 6.57. The van der Waals surface area contributed by atoms with E-state index in [1.165, 1.54) is 35.7 Å². The Labute approximate surface area is 193 Å². The first-order valence-electron chi connectivity index (χ1n) is 10.9. The summed E-state index contributed by atoms with van der Waals surface area (Å²) in [6, 6.07) is 14.1. The monoisotopic (exact) mass is 448 g/mol. The third-order valence-electron chi connectivity index (χ3n) is 5.43. The molecule has 2 aromatic carbocycles. The Bertz CT molecular complexity index is 1110. The first-order chi connectivity index (χ1) is 15.6. The van der Waals surface area contributed by atoms with Crippen LogP contribution in [0.2, 0.25) is 0 Å². The van der Waals surface area contributed by atoms with Crippen LogP contribution >= 0.6 is 11.8 Å². The van der Waals surface area contributed by atoms with Gasteiger partial charge in [-0.2, -0.15) is 0 Å². The number of hydrogen-bond acceptors (Lipinski definition) is 5. The molecule has 1 aliphatic rings. The molecule has 0 bridgehead atoms. The maximum Gasteiger partial charge on any atom is 0.234 e. The topological polar surface area (TPSA) is 69.0 Å². The summed E-state index contributed by atoms with van der Waals surface area (Å²) >= 11 is 1.35. The summed E-state index contributed by atoms with van der Waals surface area (Å²) in [4.78, 5) is 12.4. The number of rotatable bonds is 9. The molecule has 0 fully saturated rings. The molecule has 0 atom stereocenters. The predicted molar refractivity (Wildman–Crippen MR) is 128 cm³/mol. The summed E-state index contributed by atoms with van der Waals surface area (Å²) in [5.41, 5.74) is 4.71. The van der Waals surface area contributed by atoms with Gasteiger partial charge in [0, 0.05) is 12.2 Å². The van der Waals surface area contributed by atoms with Crippen LogP contribution in [-0.2, 0) is 30.8 Å². The molecule has 0 aliphatic heterocycles. The number of aryl methyl sites for hydroxylation is 3. The number of ether oxygens (including phenoxy) is 1. The molecule has 1 amide bonds. The van der Waals surface area contributed by atoms with Crippen molar-refractivity contribution in [3.8, 4) is 5.75 Å². The van der Waals surface area contributed by atoms with Crippen molar-refractivity contribution in [3.63, 3.8) is 0 Å². The Morgan fingerprint density at radius 1 is 1.19 bits per heavy atom. The molecule has 0 saturated carbocycles. The van der Waals surface area contributed by atoms with Gasteiger partial charge >= 0.3 is 0 Å². The van der Waals surface area contributed by atoms with E-state index in [0.717, 1.165) is 29.8 Å². The molecule has 3 aromatic rings. The third kappa shape index (κ3) is 5.59. The largest absolute Gasteiger partial charge is 0.486 e. The molecule has 1 N–H and O–H groups in total. The Kier molecular flexibility index (Phi) is 7.27. The van der Waals surface area contributed by atoms with E-state index in [1.54, 1.807) is 6.08 Å². The van der Waals surface area contributed by atoms with Crippen molar-refractivity contribution < 1.29 is 9.53 Å². The van der Waals surface area contributed by atoms with Crippen molar-refractivity contribution in [2.75, 3.05) is 11.1 Å². The minimum atomic E-state index is -0.0828. The van der Waals surface area contributed by atoms with Crippen molar-refractivity contribution >= 4 is 23.4 Å². The van der Waals surface area contributed by atoms with Gasteiger partial charge in [-0.3, -0.25) is 9.36 Å². The number of amides is 1. The van der Waals surface area contributed by atoms with Crippen LogP contribution in [-0.4, -0.2) is 26.4 Å². The Morgan fingerprint density at radius 3 is 2.84 bits per heavy atom. The molecule has 1 aromatic heterocycles. The van der Waals surface area contributed by atoms with Crippen LogP contribution in [0.3, 0.4) is 0 Å². The van der Waals surface area contributed by atoms with E-state index in [9.17, 15) is 4.79 Å². The zero-order valence-corrected chi connectivity index (χ0v) is 19.2. The minimum Gasteiger partial charge on any atom is -0.486 e. The molecule has 0 unspecified atom stereocenters. The number of benzene rings is 2. The molecule has 166 valence electrons. The molecule has 0 spiro atoms. The predicted octanol–water partition coefficient (Wildman–Crippen LogP) is 4.96. The second kappa shape index (κ2) is 10.5. The smallest absolute Gasteiger partial charge is 0.234 e. The highest BCUT2D eigenvalue weighted by Gasteiger charge is 2.15. The SMILES string of the molecule is C=CCn1c(COc2ccc3c(c2)CCCC3)nnc1SCC(=O)Nc1cccc(C)c1. The first-order valence-corrected chi connectivity index (χ1v) is 11.9. The maximum atomic E-state index is 12.4. The van der Waals surface area contributed by atoms with Crippen molar-refractivity contribution in [1.29, 1.82) is 0 Å². The number of carbonyl (C=O) groups is 1. The molecule has 1 heterocycles. The zero-order chi connectivity index (χ0) is 22.3. The quantitative estimate of drug-likeness (QED) is 0.370. The summed E-state index contributed by atoms with van der Waals surface area (Å²) in [6.45, 7) is 6.70. The molecule has 4 rings (SSSR count). The fraction of sp³-hybridized carbons (Fsp3) is 0.320. The van der Waals surface area contributed by atoms with Crippen LogP contribution in [0.4, 0.5) is 5.69 Å². The summed E-state index contributed by atoms with van der Waals surface area (Å²) < 4.78 is 7.97. The molecule has 0 radical (unpaired) electrons. The molecule has 6 nitrogen and oxygen atoms in total. The van der Waals surface area contributed by atoms with Gasteiger partial charge in [-0.1, -0.05) is 36.0 Å². The van der Waals surface area contributed by atoms with Crippen LogP contribution < -0.4 is 10.1 Å². The second-order valence-corrected chi connectivity index (χ2v) is 8.87. The van der Waals surface area contributed by atoms with E-state index >= 15 is 0 Å². The first kappa shape index (κ1) is 22.1. The standard InChI is InChI=1S/C25H28N4O2S/c1-3-13-29-23(16-31-22-12-11-19-8-4-5-9-20(19)15-22)27-28-25(29)32-17-24(30)26-21-10-6-7-18(2)14-21/h3,6-7,10-12,14-15H,1,4-5,8-9,13,16-17H2,2H3,(H,26,30). The highest BCUT2D eigenvalue weighted by Crippen LogP contribution is 2.26. The van der Waals surface area contributed by atoms with E-state index in [1.807, 2.05) is 41.8 Å². The van der Waals surface area contributed by atoms with Crippen LogP contribution in [0.25, 0.3) is 0 Å². The lowest BCUT2D eigenvalue weighted by molar-refractivity contribution is -0.113. The number of hydrogen-bond donors (Lipinski definition) is 1. The number of thioether (sulfide) groups is 1. The van der Waals surface area contributed by atoms with Gasteiger partial charge in [0.05, 0.1) is 5.75 Å². The van der Waals surface area contributed by atoms with Gasteiger partial charge < -0.3 is 10.1 Å². The van der Waals surface area contributed by atoms with Crippen LogP contribution in [0.1, 0.15) is 35.4 Å². The lowest BCUT2D eigenvalue weighted by Gasteiger charge is -2.16. The minimum absolute atomic E-state index is 0.0828. The highest BCUT2D eigenvalue weighted by atomic mass is 32.2. The Morgan fingerprint density at radius 2 is 2.03 bits per heavy atom. The summed E-state index contributed by atoms with van der Waals surface area (Å²) in [5.74, 6) is 1.73. The normalized spacial score (nSPS) is 12.8. The van der Waals surface area contributed by atoms with Crippen LogP contribution in [0.5, 0.6) is 5.75 Å². The fourth-order valence-electron chi connectivity index (χ4n) is 3.84. The molecule has 32 heavy (non-hydrogen) atoms. The van der Waals surface area contributed by atoms with E-state index < -0.39 is 0 Å². The molecule has 0 saturated heterocycles. The highest BCUT2D eigenvalue weighted by molar-refractivity contribution is 7.99. The van der Waals surface area contributed by atoms with E-state index in [0.29, 0.717) is 24.1 Å². The van der Waals surface area contributed by atoms with Gasteiger partial charge in [0.15, 0.2) is 11.0 Å². The lowest BCUT2D eigenvalue weighted by Crippen LogP contribution is -2.15. The number of anilines is 1. The number of fused-ring (bicyclic) bond motifs is 1. The van der Waals surface area contributed by atoms with E-state index in [4.69, 9.17) is 4.74 Å². The van der Waals surface area contributed by atoms with Crippen LogP contribution in [0.15, 0.2) is 60.3 Å². The average Bonchev–Trinajstić information content (AvgIpc) is 3.18. The van der Waals surface area contributed by atoms with Gasteiger partial charge in [-0.15, -0.1) is 16.8 Å². The number of aromatic nitrogens is 3. The van der Waals surface area contributed by atoms with Crippen molar-refractivity contribution in [2.24, 2.45) is 0 Å². The van der Waals surface area contributed by atoms with Crippen molar-refractivity contribution in [2.45, 2.75) is 50.9 Å². The molecular weight excluding hydrogens is 420 g/mol. The molecule has 7 heteroatoms. The van der Waals surface area contributed by atoms with E-state index in [-0.39, 0.29) is 11.7 Å². The Balaban J connectivity index is 1.37. The number of nitrogens with zero attached hydrogens (tertiary/aromatic N) is 3. The molecular formula is C25H28N4O2S. The maximum absolute atomic E-state index is 12.4. The third-order valence-corrected chi connectivity index (χ3v) is 6.39. The molecule has 1 aliphatic carbocycles. The van der Waals surface area contributed by atoms with Gasteiger partial charge in [0.25, 0.3) is 0 Å². The second-order valence-electron chi connectivity index (χ2n) is 7.93. The zero-order valence-electron chi connectivity index (χ0n) is 18.3. The summed E-state index contributed by atoms with van der Waals surface area (Å²) in [5, 5.41) is 12.2. The number of nitrogens with one attached hydrogen (secondary N) is 1.